The van der Waals surface area contributed by atoms with Crippen molar-refractivity contribution in [3.63, 3.8) is 0 Å². The molecule has 22 heavy (non-hydrogen) atoms. The van der Waals surface area contributed by atoms with E-state index in [1.807, 2.05) is 6.92 Å². The third-order valence-corrected chi connectivity index (χ3v) is 6.33. The molecule has 0 spiro atoms. The SMILES string of the molecule is [B]C1(C(=O)OC)CC1(C)C1(CC(C)(CO)CO)C[C@H]1[C@@H](C)F. The molecule has 2 rings (SSSR count). The Kier molecular flexibility index (Phi) is 4.19. The number of rotatable bonds is 7. The van der Waals surface area contributed by atoms with Crippen molar-refractivity contribution in [1.29, 1.82) is 0 Å². The number of ether oxygens (including phenoxy) is 1. The van der Waals surface area contributed by atoms with Gasteiger partial charge in [-0.1, -0.05) is 13.8 Å². The second-order valence-corrected chi connectivity index (χ2v) is 7.92. The summed E-state index contributed by atoms with van der Waals surface area (Å²) < 4.78 is 18.8. The lowest BCUT2D eigenvalue weighted by atomic mass is 9.64. The zero-order chi connectivity index (χ0) is 17.0. The lowest BCUT2D eigenvalue weighted by Crippen LogP contribution is -2.36. The minimum Gasteiger partial charge on any atom is -0.469 e. The normalized spacial score (nSPS) is 41.9. The highest BCUT2D eigenvalue weighted by Crippen LogP contribution is 2.86. The fourth-order valence-corrected chi connectivity index (χ4v) is 4.50. The zero-order valence-corrected chi connectivity index (χ0v) is 13.9. The van der Waals surface area contributed by atoms with E-state index in [0.29, 0.717) is 19.3 Å². The van der Waals surface area contributed by atoms with E-state index in [0.717, 1.165) is 0 Å². The smallest absolute Gasteiger partial charge is 0.303 e. The van der Waals surface area contributed by atoms with Crippen molar-refractivity contribution in [2.45, 2.75) is 51.5 Å². The van der Waals surface area contributed by atoms with Gasteiger partial charge in [0.25, 0.3) is 0 Å². The second-order valence-electron chi connectivity index (χ2n) is 7.92. The zero-order valence-electron chi connectivity index (χ0n) is 13.9. The van der Waals surface area contributed by atoms with Crippen molar-refractivity contribution < 1.29 is 24.1 Å². The van der Waals surface area contributed by atoms with E-state index in [1.54, 1.807) is 6.92 Å². The van der Waals surface area contributed by atoms with Gasteiger partial charge < -0.3 is 14.9 Å². The van der Waals surface area contributed by atoms with E-state index < -0.39 is 33.7 Å². The maximum absolute atomic E-state index is 14.0. The van der Waals surface area contributed by atoms with E-state index in [9.17, 15) is 19.4 Å². The van der Waals surface area contributed by atoms with Gasteiger partial charge in [-0.2, -0.15) is 0 Å². The van der Waals surface area contributed by atoms with E-state index in [-0.39, 0.29) is 19.1 Å². The maximum Gasteiger partial charge on any atom is 0.303 e. The highest BCUT2D eigenvalue weighted by Gasteiger charge is 2.81. The Hall–Kier alpha value is -0.615. The molecule has 2 fully saturated rings. The highest BCUT2D eigenvalue weighted by molar-refractivity contribution is 6.30. The fraction of sp³-hybridized carbons (Fsp3) is 0.938. The van der Waals surface area contributed by atoms with Crippen LogP contribution in [0.4, 0.5) is 4.39 Å². The Labute approximate surface area is 132 Å². The standard InChI is InChI=1S/C16H26BFO4/c1-10(18)11-5-15(11,6-13(2,8-19)9-20)14(3)7-16(14,17)12(21)22-4/h10-11,19-20H,5-9H2,1-4H3/t10-,11+,14?,15?,16?/m1/s1. The van der Waals surface area contributed by atoms with Crippen LogP contribution in [-0.4, -0.2) is 50.5 Å². The minimum atomic E-state index is -1.10. The number of halogens is 1. The molecule has 6 heteroatoms. The van der Waals surface area contributed by atoms with Crippen LogP contribution in [-0.2, 0) is 9.53 Å². The number of hydrogen-bond acceptors (Lipinski definition) is 4. The number of aliphatic hydroxyl groups excluding tert-OH is 2. The van der Waals surface area contributed by atoms with Gasteiger partial charge in [-0.25, -0.2) is 4.39 Å². The van der Waals surface area contributed by atoms with Crippen LogP contribution in [0.2, 0.25) is 5.31 Å². The minimum absolute atomic E-state index is 0.190. The molecular weight excluding hydrogens is 286 g/mol. The molecule has 0 amide bonds. The molecule has 5 atom stereocenters. The number of esters is 1. The molecule has 2 N–H and O–H groups in total. The van der Waals surface area contributed by atoms with Crippen molar-refractivity contribution >= 4 is 13.8 Å². The lowest BCUT2D eigenvalue weighted by Gasteiger charge is -2.37. The van der Waals surface area contributed by atoms with Gasteiger partial charge in [-0.3, -0.25) is 4.79 Å². The first-order valence-corrected chi connectivity index (χ1v) is 7.79. The number of methoxy groups -OCH3 is 1. The van der Waals surface area contributed by atoms with Crippen LogP contribution in [0, 0.1) is 22.2 Å². The molecule has 2 radical (unpaired) electrons. The van der Waals surface area contributed by atoms with E-state index in [4.69, 9.17) is 12.6 Å². The van der Waals surface area contributed by atoms with Crippen LogP contribution in [0.1, 0.15) is 40.0 Å². The van der Waals surface area contributed by atoms with Crippen molar-refractivity contribution in [1.82, 2.24) is 0 Å². The first-order valence-electron chi connectivity index (χ1n) is 7.79. The molecule has 2 aliphatic carbocycles. The molecule has 0 aliphatic heterocycles. The van der Waals surface area contributed by atoms with Crippen LogP contribution in [0.25, 0.3) is 0 Å². The van der Waals surface area contributed by atoms with Gasteiger partial charge in [-0.15, -0.1) is 0 Å². The molecule has 0 aromatic rings. The summed E-state index contributed by atoms with van der Waals surface area (Å²) in [6.07, 6.45) is 0.495. The summed E-state index contributed by atoms with van der Waals surface area (Å²) in [5.74, 6) is -0.675. The van der Waals surface area contributed by atoms with E-state index in [1.165, 1.54) is 14.0 Å². The van der Waals surface area contributed by atoms with Crippen LogP contribution < -0.4 is 0 Å². The lowest BCUT2D eigenvalue weighted by molar-refractivity contribution is -0.142. The van der Waals surface area contributed by atoms with Crippen molar-refractivity contribution in [3.8, 4) is 0 Å². The highest BCUT2D eigenvalue weighted by atomic mass is 19.1. The largest absolute Gasteiger partial charge is 0.469 e. The quantitative estimate of drug-likeness (QED) is 0.554. The van der Waals surface area contributed by atoms with Crippen molar-refractivity contribution in [2.75, 3.05) is 20.3 Å². The van der Waals surface area contributed by atoms with Crippen LogP contribution >= 0.6 is 0 Å². The van der Waals surface area contributed by atoms with Gasteiger partial charge in [0.05, 0.1) is 28.2 Å². The molecule has 124 valence electrons. The van der Waals surface area contributed by atoms with Crippen molar-refractivity contribution in [2.24, 2.45) is 22.2 Å². The molecule has 3 unspecified atom stereocenters. The Bertz CT molecular complexity index is 467. The van der Waals surface area contributed by atoms with Crippen molar-refractivity contribution in [3.05, 3.63) is 0 Å². The fourth-order valence-electron chi connectivity index (χ4n) is 4.50. The number of carbonyl (C=O) groups excluding carboxylic acids is 1. The Morgan fingerprint density at radius 2 is 2.05 bits per heavy atom. The first kappa shape index (κ1) is 17.7. The maximum atomic E-state index is 14.0. The summed E-state index contributed by atoms with van der Waals surface area (Å²) in [5.41, 5.74) is -1.76. The first-order chi connectivity index (χ1) is 10.1. The predicted molar refractivity (Wildman–Crippen MR) is 81.2 cm³/mol. The molecule has 2 aliphatic rings. The van der Waals surface area contributed by atoms with Gasteiger partial charge in [0.1, 0.15) is 6.17 Å². The summed E-state index contributed by atoms with van der Waals surface area (Å²) in [5, 5.41) is 18.1. The second kappa shape index (κ2) is 5.20. The molecule has 0 aromatic heterocycles. The molecule has 0 bridgehead atoms. The molecule has 2 saturated carbocycles. The van der Waals surface area contributed by atoms with Crippen LogP contribution in [0.3, 0.4) is 0 Å². The average Bonchev–Trinajstić information content (AvgIpc) is 3.34. The molecule has 0 saturated heterocycles. The summed E-state index contributed by atoms with van der Waals surface area (Å²) >= 11 is 0. The summed E-state index contributed by atoms with van der Waals surface area (Å²) in [7, 11) is 7.55. The van der Waals surface area contributed by atoms with Gasteiger partial charge in [0, 0.05) is 10.7 Å². The predicted octanol–water partition coefficient (Wildman–Crippen LogP) is 1.64. The third kappa shape index (κ3) is 2.22. The summed E-state index contributed by atoms with van der Waals surface area (Å²) in [6.45, 7) is 4.81. The van der Waals surface area contributed by atoms with Gasteiger partial charge in [-0.05, 0) is 42.9 Å². The van der Waals surface area contributed by atoms with Crippen LogP contribution in [0.15, 0.2) is 0 Å². The Morgan fingerprint density at radius 1 is 1.50 bits per heavy atom. The number of carbonyl (C=O) groups is 1. The molecule has 4 nitrogen and oxygen atoms in total. The average molecular weight is 312 g/mol. The van der Waals surface area contributed by atoms with Gasteiger partial charge >= 0.3 is 5.97 Å². The number of hydrogen-bond donors (Lipinski definition) is 2. The third-order valence-electron chi connectivity index (χ3n) is 6.33. The Morgan fingerprint density at radius 3 is 2.41 bits per heavy atom. The van der Waals surface area contributed by atoms with Crippen LogP contribution in [0.5, 0.6) is 0 Å². The number of alkyl halides is 1. The summed E-state index contributed by atoms with van der Waals surface area (Å²) in [6, 6.07) is 0. The van der Waals surface area contributed by atoms with E-state index >= 15 is 0 Å². The molecule has 0 heterocycles. The Balaban J connectivity index is 2.32. The van der Waals surface area contributed by atoms with Gasteiger partial charge in [0.2, 0.25) is 0 Å². The molecule has 0 aromatic carbocycles. The summed E-state index contributed by atoms with van der Waals surface area (Å²) in [4.78, 5) is 12.0. The number of aliphatic hydroxyl groups is 2. The monoisotopic (exact) mass is 312 g/mol. The topological polar surface area (TPSA) is 66.8 Å². The van der Waals surface area contributed by atoms with E-state index in [2.05, 4.69) is 0 Å². The van der Waals surface area contributed by atoms with Gasteiger partial charge in [0.15, 0.2) is 0 Å². The molecular formula is C16H26BFO4.